The SMILES string of the molecule is C=C1C[C@@H](O)CCCc2c(OC)cc(OC)c1c2OC. The van der Waals surface area contributed by atoms with Gasteiger partial charge in [0.05, 0.1) is 33.0 Å². The molecule has 1 aliphatic carbocycles. The molecule has 1 aromatic rings. The van der Waals surface area contributed by atoms with E-state index in [9.17, 15) is 5.11 Å². The normalized spacial score (nSPS) is 18.8. The van der Waals surface area contributed by atoms with Crippen LogP contribution in [0.15, 0.2) is 12.6 Å². The zero-order valence-corrected chi connectivity index (χ0v) is 12.4. The third kappa shape index (κ3) is 2.61. The molecule has 0 saturated heterocycles. The monoisotopic (exact) mass is 278 g/mol. The molecule has 0 saturated carbocycles. The van der Waals surface area contributed by atoms with E-state index in [0.717, 1.165) is 47.5 Å². The summed E-state index contributed by atoms with van der Waals surface area (Å²) in [6.07, 6.45) is 2.57. The van der Waals surface area contributed by atoms with E-state index in [0.29, 0.717) is 12.2 Å². The highest BCUT2D eigenvalue weighted by Gasteiger charge is 2.25. The van der Waals surface area contributed by atoms with Crippen LogP contribution >= 0.6 is 0 Å². The molecular weight excluding hydrogens is 256 g/mol. The lowest BCUT2D eigenvalue weighted by molar-refractivity contribution is 0.167. The second kappa shape index (κ2) is 6.18. The van der Waals surface area contributed by atoms with Gasteiger partial charge in [0.25, 0.3) is 0 Å². The number of fused-ring (bicyclic) bond motifs is 2. The van der Waals surface area contributed by atoms with Gasteiger partial charge in [0.2, 0.25) is 0 Å². The number of aliphatic hydroxyl groups is 1. The predicted octanol–water partition coefficient (Wildman–Crippen LogP) is 2.81. The number of hydrogen-bond acceptors (Lipinski definition) is 4. The molecule has 0 radical (unpaired) electrons. The van der Waals surface area contributed by atoms with Crippen molar-refractivity contribution in [1.29, 1.82) is 0 Å². The van der Waals surface area contributed by atoms with Crippen molar-refractivity contribution < 1.29 is 19.3 Å². The van der Waals surface area contributed by atoms with Gasteiger partial charge < -0.3 is 19.3 Å². The molecule has 1 aromatic carbocycles. The van der Waals surface area contributed by atoms with Gasteiger partial charge in [-0.1, -0.05) is 6.58 Å². The van der Waals surface area contributed by atoms with Gasteiger partial charge >= 0.3 is 0 Å². The fourth-order valence-corrected chi connectivity index (χ4v) is 2.80. The largest absolute Gasteiger partial charge is 0.496 e. The van der Waals surface area contributed by atoms with E-state index >= 15 is 0 Å². The van der Waals surface area contributed by atoms with E-state index in [4.69, 9.17) is 14.2 Å². The maximum absolute atomic E-state index is 10.0. The fraction of sp³-hybridized carbons (Fsp3) is 0.500. The Morgan fingerprint density at radius 1 is 1.15 bits per heavy atom. The molecule has 1 N–H and O–H groups in total. The van der Waals surface area contributed by atoms with Crippen LogP contribution in [0.3, 0.4) is 0 Å². The van der Waals surface area contributed by atoms with Crippen LogP contribution in [0, 0.1) is 0 Å². The van der Waals surface area contributed by atoms with E-state index in [-0.39, 0.29) is 6.10 Å². The van der Waals surface area contributed by atoms with Crippen LogP contribution in [0.25, 0.3) is 5.57 Å². The molecule has 0 aliphatic heterocycles. The number of methoxy groups -OCH3 is 3. The quantitative estimate of drug-likeness (QED) is 0.923. The molecule has 0 heterocycles. The van der Waals surface area contributed by atoms with Crippen LogP contribution in [-0.2, 0) is 6.42 Å². The Kier molecular flexibility index (Phi) is 4.55. The van der Waals surface area contributed by atoms with Crippen molar-refractivity contribution in [2.75, 3.05) is 21.3 Å². The van der Waals surface area contributed by atoms with Crippen LogP contribution < -0.4 is 14.2 Å². The molecule has 2 rings (SSSR count). The van der Waals surface area contributed by atoms with Gasteiger partial charge in [-0.3, -0.25) is 0 Å². The molecule has 0 amide bonds. The Bertz CT molecular complexity index is 508. The van der Waals surface area contributed by atoms with E-state index in [1.807, 2.05) is 6.07 Å². The van der Waals surface area contributed by atoms with Gasteiger partial charge in [0.15, 0.2) is 0 Å². The highest BCUT2D eigenvalue weighted by Crippen LogP contribution is 2.45. The molecule has 0 spiro atoms. The topological polar surface area (TPSA) is 47.9 Å². The summed E-state index contributed by atoms with van der Waals surface area (Å²) in [7, 11) is 4.89. The maximum Gasteiger partial charge on any atom is 0.136 e. The van der Waals surface area contributed by atoms with Crippen LogP contribution in [0.2, 0.25) is 0 Å². The fourth-order valence-electron chi connectivity index (χ4n) is 2.80. The highest BCUT2D eigenvalue weighted by molar-refractivity contribution is 5.77. The van der Waals surface area contributed by atoms with Gasteiger partial charge in [-0.15, -0.1) is 0 Å². The molecule has 1 aliphatic rings. The summed E-state index contributed by atoms with van der Waals surface area (Å²) >= 11 is 0. The molecule has 1 atom stereocenters. The lowest BCUT2D eigenvalue weighted by atomic mass is 9.97. The second-order valence-electron chi connectivity index (χ2n) is 5.02. The van der Waals surface area contributed by atoms with Gasteiger partial charge in [-0.2, -0.15) is 0 Å². The van der Waals surface area contributed by atoms with Crippen LogP contribution in [-0.4, -0.2) is 32.5 Å². The molecule has 4 nitrogen and oxygen atoms in total. The van der Waals surface area contributed by atoms with Gasteiger partial charge in [0.1, 0.15) is 17.2 Å². The van der Waals surface area contributed by atoms with Crippen molar-refractivity contribution in [2.24, 2.45) is 0 Å². The van der Waals surface area contributed by atoms with E-state index in [2.05, 4.69) is 6.58 Å². The lowest BCUT2D eigenvalue weighted by Gasteiger charge is -2.20. The molecule has 0 aromatic heterocycles. The average Bonchev–Trinajstić information content (AvgIpc) is 2.48. The van der Waals surface area contributed by atoms with Gasteiger partial charge in [0, 0.05) is 11.6 Å². The lowest BCUT2D eigenvalue weighted by Crippen LogP contribution is -2.06. The molecule has 0 unspecified atom stereocenters. The standard InChI is InChI=1S/C16H22O4/c1-10-8-11(17)6-5-7-12-13(18-2)9-14(19-3)15(10)16(12)20-4/h9,11,17H,1,5-8H2,2-4H3/t11-/m0/s1. The van der Waals surface area contributed by atoms with Crippen molar-refractivity contribution in [3.63, 3.8) is 0 Å². The molecule has 110 valence electrons. The highest BCUT2D eigenvalue weighted by atomic mass is 16.5. The third-order valence-corrected chi connectivity index (χ3v) is 3.75. The van der Waals surface area contributed by atoms with Crippen molar-refractivity contribution in [3.8, 4) is 17.2 Å². The van der Waals surface area contributed by atoms with E-state index in [1.54, 1.807) is 21.3 Å². The number of hydrogen-bond donors (Lipinski definition) is 1. The number of rotatable bonds is 3. The maximum atomic E-state index is 10.0. The third-order valence-electron chi connectivity index (χ3n) is 3.75. The summed E-state index contributed by atoms with van der Waals surface area (Å²) in [5, 5.41) is 10.0. The number of aliphatic hydroxyl groups excluding tert-OH is 1. The summed E-state index contributed by atoms with van der Waals surface area (Å²) in [6.45, 7) is 4.09. The average molecular weight is 278 g/mol. The Hall–Kier alpha value is -1.68. The summed E-state index contributed by atoms with van der Waals surface area (Å²) in [5.74, 6) is 2.17. The number of ether oxygens (including phenoxy) is 3. The second-order valence-corrected chi connectivity index (χ2v) is 5.02. The first-order valence-electron chi connectivity index (χ1n) is 6.80. The molecule has 4 heteroatoms. The minimum atomic E-state index is -0.378. The first kappa shape index (κ1) is 14.7. The smallest absolute Gasteiger partial charge is 0.136 e. The predicted molar refractivity (Wildman–Crippen MR) is 78.7 cm³/mol. The van der Waals surface area contributed by atoms with Crippen LogP contribution in [0.4, 0.5) is 0 Å². The number of benzene rings is 1. The summed E-state index contributed by atoms with van der Waals surface area (Å²) in [6, 6.07) is 1.87. The zero-order valence-electron chi connectivity index (χ0n) is 12.4. The van der Waals surface area contributed by atoms with Crippen molar-refractivity contribution >= 4 is 5.57 Å². The van der Waals surface area contributed by atoms with E-state index < -0.39 is 0 Å². The van der Waals surface area contributed by atoms with Gasteiger partial charge in [-0.25, -0.2) is 0 Å². The first-order valence-corrected chi connectivity index (χ1v) is 6.80. The Morgan fingerprint density at radius 3 is 2.45 bits per heavy atom. The molecular formula is C16H22O4. The van der Waals surface area contributed by atoms with Crippen molar-refractivity contribution in [1.82, 2.24) is 0 Å². The summed E-state index contributed by atoms with van der Waals surface area (Å²) in [5.41, 5.74) is 2.69. The Balaban J connectivity index is 2.67. The van der Waals surface area contributed by atoms with E-state index in [1.165, 1.54) is 0 Å². The first-order chi connectivity index (χ1) is 9.62. The van der Waals surface area contributed by atoms with Crippen LogP contribution in [0.1, 0.15) is 30.4 Å². The van der Waals surface area contributed by atoms with Crippen molar-refractivity contribution in [3.05, 3.63) is 23.8 Å². The molecule has 20 heavy (non-hydrogen) atoms. The summed E-state index contributed by atoms with van der Waals surface area (Å²) in [4.78, 5) is 0. The molecule has 0 fully saturated rings. The Labute approximate surface area is 120 Å². The van der Waals surface area contributed by atoms with Gasteiger partial charge in [-0.05, 0) is 31.3 Å². The minimum Gasteiger partial charge on any atom is -0.496 e. The van der Waals surface area contributed by atoms with Crippen LogP contribution in [0.5, 0.6) is 17.2 Å². The van der Waals surface area contributed by atoms with Crippen molar-refractivity contribution in [2.45, 2.75) is 31.8 Å². The molecule has 2 bridgehead atoms. The summed E-state index contributed by atoms with van der Waals surface area (Å²) < 4.78 is 16.5. The Morgan fingerprint density at radius 2 is 1.85 bits per heavy atom. The minimum absolute atomic E-state index is 0.378. The zero-order chi connectivity index (χ0) is 14.7.